The summed E-state index contributed by atoms with van der Waals surface area (Å²) in [5.74, 6) is 0.920. The second-order valence-electron chi connectivity index (χ2n) is 5.54. The quantitative estimate of drug-likeness (QED) is 0.798. The lowest BCUT2D eigenvalue weighted by molar-refractivity contribution is 0.405. The van der Waals surface area contributed by atoms with E-state index in [1.165, 1.54) is 39.1 Å². The minimum Gasteiger partial charge on any atom is -0.497 e. The van der Waals surface area contributed by atoms with E-state index in [1.54, 1.807) is 7.11 Å². The van der Waals surface area contributed by atoms with Crippen LogP contribution in [-0.2, 0) is 6.42 Å². The molecule has 21 heavy (non-hydrogen) atoms. The van der Waals surface area contributed by atoms with Crippen LogP contribution in [0.15, 0.2) is 34.1 Å². The van der Waals surface area contributed by atoms with E-state index in [0.717, 1.165) is 5.75 Å². The van der Waals surface area contributed by atoms with Crippen molar-refractivity contribution in [1.29, 1.82) is 0 Å². The topological polar surface area (TPSA) is 21.3 Å². The number of hydrogen-bond donors (Lipinski definition) is 1. The largest absolute Gasteiger partial charge is 0.497 e. The zero-order chi connectivity index (χ0) is 14.8. The summed E-state index contributed by atoms with van der Waals surface area (Å²) in [5, 5.41) is 3.79. The number of halogens is 1. The summed E-state index contributed by atoms with van der Waals surface area (Å²) in [6, 6.07) is 11.4. The van der Waals surface area contributed by atoms with E-state index in [4.69, 9.17) is 4.74 Å². The molecule has 2 nitrogen and oxygen atoms in total. The summed E-state index contributed by atoms with van der Waals surface area (Å²) < 4.78 is 6.57. The molecule has 1 N–H and O–H groups in total. The van der Waals surface area contributed by atoms with Crippen LogP contribution >= 0.6 is 27.3 Å². The van der Waals surface area contributed by atoms with Gasteiger partial charge in [0.1, 0.15) is 5.75 Å². The molecule has 0 aliphatic heterocycles. The highest BCUT2D eigenvalue weighted by molar-refractivity contribution is 9.11. The molecule has 0 radical (unpaired) electrons. The van der Waals surface area contributed by atoms with Crippen LogP contribution in [0.4, 0.5) is 0 Å². The molecular formula is C17H20BrNOS. The Balaban J connectivity index is 1.77. The Labute approximate surface area is 138 Å². The van der Waals surface area contributed by atoms with Crippen LogP contribution in [-0.4, -0.2) is 7.11 Å². The van der Waals surface area contributed by atoms with E-state index in [0.29, 0.717) is 12.1 Å². The van der Waals surface area contributed by atoms with Gasteiger partial charge in [0.25, 0.3) is 0 Å². The Morgan fingerprint density at radius 1 is 1.38 bits per heavy atom. The van der Waals surface area contributed by atoms with Crippen LogP contribution in [0.3, 0.4) is 0 Å². The van der Waals surface area contributed by atoms with E-state index in [2.05, 4.69) is 52.4 Å². The minimum atomic E-state index is 0.315. The highest BCUT2D eigenvalue weighted by Gasteiger charge is 2.24. The van der Waals surface area contributed by atoms with Crippen LogP contribution < -0.4 is 10.1 Å². The molecule has 0 saturated heterocycles. The first kappa shape index (κ1) is 15.1. The number of thiophene rings is 1. The maximum atomic E-state index is 5.32. The average molecular weight is 366 g/mol. The Kier molecular flexibility index (Phi) is 4.67. The predicted octanol–water partition coefficient (Wildman–Crippen LogP) is 5.25. The number of hydrogen-bond acceptors (Lipinski definition) is 3. The standard InChI is InChI=1S/C17H20BrNOS/c1-11(12-5-3-6-13(9-12)20-2)19-15-7-4-8-16-14(15)10-17(18)21-16/h3,5-6,9-11,15,19H,4,7-8H2,1-2H3/t11-,15?/m0/s1. The van der Waals surface area contributed by atoms with Crippen molar-refractivity contribution in [3.63, 3.8) is 0 Å². The van der Waals surface area contributed by atoms with E-state index >= 15 is 0 Å². The van der Waals surface area contributed by atoms with Gasteiger partial charge in [0, 0.05) is 17.0 Å². The molecule has 0 saturated carbocycles. The van der Waals surface area contributed by atoms with Crippen molar-refractivity contribution in [2.24, 2.45) is 0 Å². The van der Waals surface area contributed by atoms with Gasteiger partial charge >= 0.3 is 0 Å². The number of rotatable bonds is 4. The molecule has 0 spiro atoms. The normalized spacial score (nSPS) is 19.1. The molecule has 2 aromatic rings. The first-order valence-corrected chi connectivity index (χ1v) is 8.96. The number of ether oxygens (including phenoxy) is 1. The maximum absolute atomic E-state index is 5.32. The summed E-state index contributed by atoms with van der Waals surface area (Å²) >= 11 is 5.50. The summed E-state index contributed by atoms with van der Waals surface area (Å²) in [5.41, 5.74) is 2.75. The monoisotopic (exact) mass is 365 g/mol. The van der Waals surface area contributed by atoms with Crippen molar-refractivity contribution in [3.05, 3.63) is 50.1 Å². The Morgan fingerprint density at radius 3 is 3.05 bits per heavy atom. The van der Waals surface area contributed by atoms with Crippen LogP contribution in [0.1, 0.15) is 47.9 Å². The lowest BCUT2D eigenvalue weighted by Crippen LogP contribution is -2.27. The van der Waals surface area contributed by atoms with Crippen molar-refractivity contribution in [3.8, 4) is 5.75 Å². The first-order valence-electron chi connectivity index (χ1n) is 7.35. The first-order chi connectivity index (χ1) is 10.2. The van der Waals surface area contributed by atoms with Crippen molar-refractivity contribution < 1.29 is 4.74 Å². The number of fused-ring (bicyclic) bond motifs is 1. The van der Waals surface area contributed by atoms with Crippen LogP contribution in [0.25, 0.3) is 0 Å². The van der Waals surface area contributed by atoms with Gasteiger partial charge in [-0.1, -0.05) is 12.1 Å². The summed E-state index contributed by atoms with van der Waals surface area (Å²) in [4.78, 5) is 1.53. The van der Waals surface area contributed by atoms with Crippen molar-refractivity contribution in [2.75, 3.05) is 7.11 Å². The Morgan fingerprint density at radius 2 is 2.24 bits per heavy atom. The van der Waals surface area contributed by atoms with Crippen LogP contribution in [0, 0.1) is 0 Å². The molecule has 4 heteroatoms. The van der Waals surface area contributed by atoms with Crippen molar-refractivity contribution in [1.82, 2.24) is 5.32 Å². The summed E-state index contributed by atoms with van der Waals surface area (Å²) in [6.45, 7) is 2.23. The number of aryl methyl sites for hydroxylation is 1. The molecule has 0 bridgehead atoms. The predicted molar refractivity (Wildman–Crippen MR) is 92.2 cm³/mol. The highest BCUT2D eigenvalue weighted by Crippen LogP contribution is 2.39. The third-order valence-electron chi connectivity index (χ3n) is 4.13. The van der Waals surface area contributed by atoms with Gasteiger partial charge in [0.15, 0.2) is 0 Å². The maximum Gasteiger partial charge on any atom is 0.119 e. The Hall–Kier alpha value is -0.840. The van der Waals surface area contributed by atoms with Gasteiger partial charge in [0.2, 0.25) is 0 Å². The van der Waals surface area contributed by atoms with Gasteiger partial charge in [-0.25, -0.2) is 0 Å². The molecule has 1 aliphatic rings. The van der Waals surface area contributed by atoms with Gasteiger partial charge in [-0.3, -0.25) is 0 Å². The highest BCUT2D eigenvalue weighted by atomic mass is 79.9. The number of benzene rings is 1. The van der Waals surface area contributed by atoms with Gasteiger partial charge in [-0.2, -0.15) is 0 Å². The molecule has 2 atom stereocenters. The second kappa shape index (κ2) is 6.51. The second-order valence-corrected chi connectivity index (χ2v) is 8.05. The smallest absolute Gasteiger partial charge is 0.119 e. The molecule has 1 unspecified atom stereocenters. The zero-order valence-electron chi connectivity index (χ0n) is 12.4. The molecule has 0 fully saturated rings. The lowest BCUT2D eigenvalue weighted by atomic mass is 9.93. The third-order valence-corrected chi connectivity index (χ3v) is 5.84. The molecule has 112 valence electrons. The third kappa shape index (κ3) is 3.33. The summed E-state index contributed by atoms with van der Waals surface area (Å²) in [7, 11) is 1.72. The van der Waals surface area contributed by atoms with E-state index in [-0.39, 0.29) is 0 Å². The lowest BCUT2D eigenvalue weighted by Gasteiger charge is -2.27. The summed E-state index contributed by atoms with van der Waals surface area (Å²) in [6.07, 6.45) is 3.70. The fourth-order valence-electron chi connectivity index (χ4n) is 3.00. The van der Waals surface area contributed by atoms with Gasteiger partial charge < -0.3 is 10.1 Å². The molecule has 1 heterocycles. The van der Waals surface area contributed by atoms with Gasteiger partial charge in [-0.15, -0.1) is 11.3 Å². The zero-order valence-corrected chi connectivity index (χ0v) is 14.8. The van der Waals surface area contributed by atoms with Gasteiger partial charge in [-0.05, 0) is 71.4 Å². The average Bonchev–Trinajstić information content (AvgIpc) is 2.88. The SMILES string of the molecule is COc1cccc([C@H](C)NC2CCCc3sc(Br)cc32)c1. The molecule has 1 aliphatic carbocycles. The van der Waals surface area contributed by atoms with E-state index < -0.39 is 0 Å². The van der Waals surface area contributed by atoms with E-state index in [9.17, 15) is 0 Å². The fraction of sp³-hybridized carbons (Fsp3) is 0.412. The van der Waals surface area contributed by atoms with Crippen LogP contribution in [0.5, 0.6) is 5.75 Å². The van der Waals surface area contributed by atoms with Crippen LogP contribution in [0.2, 0.25) is 0 Å². The number of nitrogens with one attached hydrogen (secondary N) is 1. The molecular weight excluding hydrogens is 346 g/mol. The molecule has 1 aromatic carbocycles. The molecule has 0 amide bonds. The Bertz CT molecular complexity index is 625. The van der Waals surface area contributed by atoms with E-state index in [1.807, 2.05) is 17.4 Å². The fourth-order valence-corrected chi connectivity index (χ4v) is 4.82. The van der Waals surface area contributed by atoms with Crippen molar-refractivity contribution in [2.45, 2.75) is 38.3 Å². The van der Waals surface area contributed by atoms with Crippen molar-refractivity contribution >= 4 is 27.3 Å². The number of methoxy groups -OCH3 is 1. The molecule has 1 aromatic heterocycles. The van der Waals surface area contributed by atoms with Gasteiger partial charge in [0.05, 0.1) is 10.9 Å². The molecule has 3 rings (SSSR count). The minimum absolute atomic E-state index is 0.315.